The molecule has 1 amide bonds. The number of rotatable bonds is 2. The van der Waals surface area contributed by atoms with Crippen molar-refractivity contribution in [1.29, 1.82) is 0 Å². The average Bonchev–Trinajstić information content (AvgIpc) is 2.68. The number of ether oxygens (including phenoxy) is 1. The van der Waals surface area contributed by atoms with E-state index in [1.54, 1.807) is 18.7 Å². The van der Waals surface area contributed by atoms with E-state index < -0.39 is 29.0 Å². The number of halogens is 3. The number of amides is 1. The lowest BCUT2D eigenvalue weighted by molar-refractivity contribution is -0.210. The Bertz CT molecular complexity index is 1100. The van der Waals surface area contributed by atoms with Gasteiger partial charge in [-0.15, -0.1) is 0 Å². The Morgan fingerprint density at radius 1 is 0.939 bits per heavy atom. The smallest absolute Gasteiger partial charge is 0.356 e. The molecule has 2 aliphatic heterocycles. The normalized spacial score (nSPS) is 25.3. The van der Waals surface area contributed by atoms with E-state index in [0.29, 0.717) is 11.3 Å². The molecule has 2 atom stereocenters. The number of β-lactam (4-membered cyclic amide) rings is 1. The highest BCUT2D eigenvalue weighted by molar-refractivity contribution is 6.11. The van der Waals surface area contributed by atoms with E-state index in [-0.39, 0.29) is 29.9 Å². The van der Waals surface area contributed by atoms with Crippen molar-refractivity contribution < 1.29 is 27.5 Å². The molecule has 0 saturated carbocycles. The summed E-state index contributed by atoms with van der Waals surface area (Å²) in [5, 5.41) is 0. The largest absolute Gasteiger partial charge is 0.416 e. The molecule has 1 spiro atoms. The number of hydrogen-bond donors (Lipinski definition) is 0. The summed E-state index contributed by atoms with van der Waals surface area (Å²) in [5.74, 6) is -0.439. The average molecular weight is 460 g/mol. The Morgan fingerprint density at radius 2 is 1.55 bits per heavy atom. The first kappa shape index (κ1) is 23.5. The van der Waals surface area contributed by atoms with Crippen molar-refractivity contribution in [3.63, 3.8) is 0 Å². The molecule has 0 bridgehead atoms. The predicted molar refractivity (Wildman–Crippen MR) is 119 cm³/mol. The van der Waals surface area contributed by atoms with Crippen molar-refractivity contribution in [2.75, 3.05) is 4.90 Å². The van der Waals surface area contributed by atoms with Gasteiger partial charge in [-0.25, -0.2) is 0 Å². The van der Waals surface area contributed by atoms with Crippen LogP contribution in [0.2, 0.25) is 0 Å². The topological polar surface area (TPSA) is 46.6 Å². The third-order valence-electron chi connectivity index (χ3n) is 6.35. The standard InChI is InChI=1S/C26H28F3NO3/c1-23(2,3)19-8-6-7-9-20(19)30-21(16-10-12-17(13-11-16)26(27,28)29)25(22(30)32)15-18(31)14-24(4,5)33-25/h6-13,21H,14-15H2,1-5H3/t21-,25+/m0/s1. The number of anilines is 1. The first-order valence-corrected chi connectivity index (χ1v) is 11.0. The van der Waals surface area contributed by atoms with E-state index >= 15 is 0 Å². The van der Waals surface area contributed by atoms with Crippen LogP contribution in [-0.4, -0.2) is 22.9 Å². The maximum Gasteiger partial charge on any atom is 0.416 e. The summed E-state index contributed by atoms with van der Waals surface area (Å²) in [6, 6.07) is 11.5. The van der Waals surface area contributed by atoms with Crippen LogP contribution >= 0.6 is 0 Å². The molecule has 4 nitrogen and oxygen atoms in total. The van der Waals surface area contributed by atoms with Crippen molar-refractivity contribution in [2.45, 2.75) is 76.3 Å². The second-order valence-electron chi connectivity index (χ2n) is 10.6. The van der Waals surface area contributed by atoms with Gasteiger partial charge in [-0.1, -0.05) is 51.1 Å². The van der Waals surface area contributed by atoms with E-state index in [1.807, 2.05) is 45.0 Å². The fourth-order valence-corrected chi connectivity index (χ4v) is 5.09. The third-order valence-corrected chi connectivity index (χ3v) is 6.35. The highest BCUT2D eigenvalue weighted by Crippen LogP contribution is 2.55. The van der Waals surface area contributed by atoms with E-state index in [1.165, 1.54) is 12.1 Å². The van der Waals surface area contributed by atoms with Gasteiger partial charge in [-0.2, -0.15) is 13.2 Å². The number of ketones is 1. The molecule has 2 heterocycles. The second-order valence-corrected chi connectivity index (χ2v) is 10.6. The van der Waals surface area contributed by atoms with Gasteiger partial charge < -0.3 is 4.74 Å². The SMILES string of the molecule is CC1(C)CC(=O)C[C@]2(O1)C(=O)N(c1ccccc1C(C)(C)C)[C@H]2c1ccc(C(F)(F)F)cc1. The van der Waals surface area contributed by atoms with E-state index in [9.17, 15) is 22.8 Å². The van der Waals surface area contributed by atoms with Crippen molar-refractivity contribution in [3.05, 3.63) is 65.2 Å². The molecular formula is C26H28F3NO3. The Hall–Kier alpha value is -2.67. The van der Waals surface area contributed by atoms with Gasteiger partial charge in [0.1, 0.15) is 11.8 Å². The van der Waals surface area contributed by atoms with Crippen molar-refractivity contribution >= 4 is 17.4 Å². The fourth-order valence-electron chi connectivity index (χ4n) is 5.09. The third kappa shape index (κ3) is 3.97. The summed E-state index contributed by atoms with van der Waals surface area (Å²) in [4.78, 5) is 28.0. The first-order chi connectivity index (χ1) is 15.2. The number of alkyl halides is 3. The Labute approximate surface area is 191 Å². The minimum atomic E-state index is -4.47. The van der Waals surface area contributed by atoms with Gasteiger partial charge in [0.15, 0.2) is 5.60 Å². The molecule has 33 heavy (non-hydrogen) atoms. The Kier molecular flexibility index (Phi) is 5.28. The molecule has 2 aromatic rings. The summed E-state index contributed by atoms with van der Waals surface area (Å²) in [6.45, 7) is 9.61. The molecule has 2 aliphatic rings. The number of hydrogen-bond acceptors (Lipinski definition) is 3. The second kappa shape index (κ2) is 7.42. The zero-order valence-electron chi connectivity index (χ0n) is 19.4. The number of Topliss-reactive ketones (excluding diaryl/α,β-unsaturated/α-hetero) is 1. The molecule has 0 aliphatic carbocycles. The van der Waals surface area contributed by atoms with Gasteiger partial charge in [-0.05, 0) is 48.6 Å². The molecule has 0 N–H and O–H groups in total. The maximum absolute atomic E-state index is 13.7. The predicted octanol–water partition coefficient (Wildman–Crippen LogP) is 5.99. The fraction of sp³-hybridized carbons (Fsp3) is 0.462. The van der Waals surface area contributed by atoms with Gasteiger partial charge in [-0.3, -0.25) is 14.5 Å². The van der Waals surface area contributed by atoms with Crippen LogP contribution in [0.15, 0.2) is 48.5 Å². The summed E-state index contributed by atoms with van der Waals surface area (Å²) >= 11 is 0. The molecule has 2 aromatic carbocycles. The summed E-state index contributed by atoms with van der Waals surface area (Å²) < 4.78 is 45.8. The lowest BCUT2D eigenvalue weighted by Crippen LogP contribution is -2.74. The van der Waals surface area contributed by atoms with Crippen LogP contribution in [0.5, 0.6) is 0 Å². The van der Waals surface area contributed by atoms with Crippen molar-refractivity contribution in [1.82, 2.24) is 0 Å². The Balaban J connectivity index is 1.87. The molecule has 2 saturated heterocycles. The van der Waals surface area contributed by atoms with Crippen LogP contribution in [0.25, 0.3) is 0 Å². The monoisotopic (exact) mass is 459 g/mol. The summed E-state index contributed by atoms with van der Waals surface area (Å²) in [7, 11) is 0. The van der Waals surface area contributed by atoms with Crippen LogP contribution in [0, 0.1) is 0 Å². The van der Waals surface area contributed by atoms with Gasteiger partial charge in [0.2, 0.25) is 0 Å². The minimum absolute atomic E-state index is 0.0970. The lowest BCUT2D eigenvalue weighted by Gasteiger charge is -2.59. The highest BCUT2D eigenvalue weighted by Gasteiger charge is 2.67. The van der Waals surface area contributed by atoms with E-state index in [0.717, 1.165) is 17.7 Å². The quantitative estimate of drug-likeness (QED) is 0.519. The summed E-state index contributed by atoms with van der Waals surface area (Å²) in [6.07, 6.45) is -4.39. The molecule has 2 fully saturated rings. The maximum atomic E-state index is 13.7. The van der Waals surface area contributed by atoms with Crippen LogP contribution in [0.1, 0.15) is 70.2 Å². The minimum Gasteiger partial charge on any atom is -0.356 e. The zero-order chi connectivity index (χ0) is 24.4. The van der Waals surface area contributed by atoms with Crippen LogP contribution < -0.4 is 4.90 Å². The van der Waals surface area contributed by atoms with E-state index in [2.05, 4.69) is 0 Å². The molecular weight excluding hydrogens is 431 g/mol. The molecule has 0 radical (unpaired) electrons. The van der Waals surface area contributed by atoms with Crippen LogP contribution in [-0.2, 0) is 25.9 Å². The number of para-hydroxylation sites is 1. The molecule has 7 heteroatoms. The zero-order valence-corrected chi connectivity index (χ0v) is 19.4. The molecule has 4 rings (SSSR count). The van der Waals surface area contributed by atoms with Gasteiger partial charge >= 0.3 is 6.18 Å². The lowest BCUT2D eigenvalue weighted by atomic mass is 9.70. The molecule has 176 valence electrons. The molecule has 0 aromatic heterocycles. The molecule has 0 unspecified atom stereocenters. The number of benzene rings is 2. The van der Waals surface area contributed by atoms with Gasteiger partial charge in [0, 0.05) is 18.5 Å². The van der Waals surface area contributed by atoms with Gasteiger partial charge in [0.25, 0.3) is 5.91 Å². The van der Waals surface area contributed by atoms with Crippen molar-refractivity contribution in [3.8, 4) is 0 Å². The number of carbonyl (C=O) groups excluding carboxylic acids is 2. The van der Waals surface area contributed by atoms with E-state index in [4.69, 9.17) is 4.74 Å². The van der Waals surface area contributed by atoms with Crippen LogP contribution in [0.4, 0.5) is 18.9 Å². The first-order valence-electron chi connectivity index (χ1n) is 11.0. The summed E-state index contributed by atoms with van der Waals surface area (Å²) in [5.41, 5.74) is -1.26. The van der Waals surface area contributed by atoms with Crippen molar-refractivity contribution in [2.24, 2.45) is 0 Å². The number of carbonyl (C=O) groups is 2. The highest BCUT2D eigenvalue weighted by atomic mass is 19.4. The van der Waals surface area contributed by atoms with Gasteiger partial charge in [0.05, 0.1) is 11.2 Å². The van der Waals surface area contributed by atoms with Crippen LogP contribution in [0.3, 0.4) is 0 Å². The number of nitrogens with zero attached hydrogens (tertiary/aromatic N) is 1. The Morgan fingerprint density at radius 3 is 2.09 bits per heavy atom.